The number of carboxylic acid groups (broad SMARTS) is 1. The van der Waals surface area contributed by atoms with E-state index in [4.69, 9.17) is 4.74 Å². The van der Waals surface area contributed by atoms with Crippen molar-refractivity contribution < 1.29 is 19.4 Å². The molecule has 29 heavy (non-hydrogen) atoms. The number of aromatic carboxylic acids is 1. The number of hydrogen-bond donors (Lipinski definition) is 1. The number of pyridine rings is 1. The Labute approximate surface area is 169 Å². The normalized spacial score (nSPS) is 10.5. The molecule has 0 spiro atoms. The maximum atomic E-state index is 13.3. The van der Waals surface area contributed by atoms with Crippen LogP contribution < -0.4 is 0 Å². The van der Waals surface area contributed by atoms with Crippen LogP contribution in [0.5, 0.6) is 0 Å². The zero-order valence-electron chi connectivity index (χ0n) is 16.1. The predicted molar refractivity (Wildman–Crippen MR) is 108 cm³/mol. The molecule has 3 rings (SSSR count). The van der Waals surface area contributed by atoms with E-state index < -0.39 is 11.9 Å². The van der Waals surface area contributed by atoms with Crippen molar-refractivity contribution in [3.63, 3.8) is 0 Å². The molecule has 0 bridgehead atoms. The molecule has 6 heteroatoms. The molecule has 2 aromatic carbocycles. The van der Waals surface area contributed by atoms with E-state index in [2.05, 4.69) is 4.98 Å². The summed E-state index contributed by atoms with van der Waals surface area (Å²) in [6.45, 7) is 0.907. The summed E-state index contributed by atoms with van der Waals surface area (Å²) in [6, 6.07) is 20.6. The van der Waals surface area contributed by atoms with Crippen molar-refractivity contribution >= 4 is 11.9 Å². The summed E-state index contributed by atoms with van der Waals surface area (Å²) in [7, 11) is 1.51. The first kappa shape index (κ1) is 20.2. The van der Waals surface area contributed by atoms with Crippen molar-refractivity contribution in [1.29, 1.82) is 0 Å². The van der Waals surface area contributed by atoms with Gasteiger partial charge in [0.15, 0.2) is 0 Å². The maximum Gasteiger partial charge on any atom is 0.338 e. The number of ether oxygens (including phenoxy) is 1. The largest absolute Gasteiger partial charge is 0.478 e. The molecule has 0 aliphatic rings. The fourth-order valence-electron chi connectivity index (χ4n) is 3.04. The molecule has 0 saturated carbocycles. The lowest BCUT2D eigenvalue weighted by Crippen LogP contribution is -2.32. The zero-order valence-corrected chi connectivity index (χ0v) is 16.1. The summed E-state index contributed by atoms with van der Waals surface area (Å²) in [4.78, 5) is 30.9. The van der Waals surface area contributed by atoms with Gasteiger partial charge in [0.2, 0.25) is 0 Å². The van der Waals surface area contributed by atoms with Crippen LogP contribution in [-0.2, 0) is 24.4 Å². The van der Waals surface area contributed by atoms with Crippen LogP contribution in [0.25, 0.3) is 0 Å². The molecule has 0 atom stereocenters. The molecular weight excluding hydrogens is 368 g/mol. The van der Waals surface area contributed by atoms with Crippen LogP contribution in [0, 0.1) is 0 Å². The second kappa shape index (κ2) is 9.61. The fraction of sp³-hybridized carbons (Fsp3) is 0.174. The summed E-state index contributed by atoms with van der Waals surface area (Å²) in [6.07, 6.45) is 1.48. The Kier molecular flexibility index (Phi) is 6.71. The number of carboxylic acids is 1. The number of nitrogens with zero attached hydrogens (tertiary/aromatic N) is 2. The lowest BCUT2D eigenvalue weighted by Gasteiger charge is -2.23. The van der Waals surface area contributed by atoms with E-state index in [-0.39, 0.29) is 17.9 Å². The quantitative estimate of drug-likeness (QED) is 0.633. The molecule has 1 heterocycles. The second-order valence-corrected chi connectivity index (χ2v) is 6.61. The van der Waals surface area contributed by atoms with Gasteiger partial charge in [0, 0.05) is 26.4 Å². The maximum absolute atomic E-state index is 13.3. The number of hydrogen-bond acceptors (Lipinski definition) is 4. The second-order valence-electron chi connectivity index (χ2n) is 6.61. The van der Waals surface area contributed by atoms with Crippen LogP contribution >= 0.6 is 0 Å². The number of benzene rings is 2. The summed E-state index contributed by atoms with van der Waals surface area (Å²) in [5.41, 5.74) is 2.29. The number of rotatable bonds is 8. The number of carbonyl (C=O) groups is 2. The smallest absolute Gasteiger partial charge is 0.338 e. The van der Waals surface area contributed by atoms with Gasteiger partial charge in [0.05, 0.1) is 12.2 Å². The van der Waals surface area contributed by atoms with E-state index in [1.807, 2.05) is 60.7 Å². The third-order valence-electron chi connectivity index (χ3n) is 4.41. The number of carbonyl (C=O) groups excluding carboxylic acids is 1. The van der Waals surface area contributed by atoms with Gasteiger partial charge in [-0.2, -0.15) is 0 Å². The zero-order chi connectivity index (χ0) is 20.6. The Morgan fingerprint density at radius 3 is 1.97 bits per heavy atom. The molecule has 0 aliphatic carbocycles. The van der Waals surface area contributed by atoms with Gasteiger partial charge in [-0.3, -0.25) is 4.79 Å². The summed E-state index contributed by atoms with van der Waals surface area (Å²) in [5.74, 6) is -1.63. The first-order chi connectivity index (χ1) is 14.1. The van der Waals surface area contributed by atoms with Crippen LogP contribution in [0.4, 0.5) is 0 Å². The van der Waals surface area contributed by atoms with Crippen molar-refractivity contribution in [2.75, 3.05) is 7.11 Å². The molecule has 1 amide bonds. The van der Waals surface area contributed by atoms with E-state index in [0.29, 0.717) is 18.7 Å². The van der Waals surface area contributed by atoms with E-state index >= 15 is 0 Å². The predicted octanol–water partition coefficient (Wildman–Crippen LogP) is 3.77. The van der Waals surface area contributed by atoms with Crippen LogP contribution in [0.15, 0.2) is 72.9 Å². The Morgan fingerprint density at radius 2 is 1.48 bits per heavy atom. The molecule has 0 fully saturated rings. The van der Waals surface area contributed by atoms with Crippen molar-refractivity contribution in [1.82, 2.24) is 9.88 Å². The average molecular weight is 390 g/mol. The van der Waals surface area contributed by atoms with E-state index in [1.54, 1.807) is 4.90 Å². The first-order valence-corrected chi connectivity index (χ1v) is 9.16. The van der Waals surface area contributed by atoms with Gasteiger partial charge in [-0.1, -0.05) is 60.7 Å². The van der Waals surface area contributed by atoms with Crippen LogP contribution in [0.1, 0.15) is 37.5 Å². The van der Waals surface area contributed by atoms with Gasteiger partial charge < -0.3 is 14.7 Å². The molecule has 0 saturated heterocycles. The lowest BCUT2D eigenvalue weighted by atomic mass is 10.1. The standard InChI is InChI=1S/C23H22N2O4/c1-29-16-19-12-20(23(27)28)21(24-13-19)22(26)25(14-17-8-4-2-5-9-17)15-18-10-6-3-7-11-18/h2-13H,14-16H2,1H3,(H,27,28). The van der Waals surface area contributed by atoms with Crippen molar-refractivity contribution in [2.24, 2.45) is 0 Å². The molecule has 148 valence electrons. The molecule has 0 unspecified atom stereocenters. The summed E-state index contributed by atoms with van der Waals surface area (Å²) < 4.78 is 5.04. The Bertz CT molecular complexity index is 933. The van der Waals surface area contributed by atoms with Crippen molar-refractivity contribution in [3.05, 3.63) is 101 Å². The van der Waals surface area contributed by atoms with E-state index in [1.165, 1.54) is 19.4 Å². The third-order valence-corrected chi connectivity index (χ3v) is 4.41. The molecule has 1 N–H and O–H groups in total. The lowest BCUT2D eigenvalue weighted by molar-refractivity contribution is 0.0664. The average Bonchev–Trinajstić information content (AvgIpc) is 2.74. The highest BCUT2D eigenvalue weighted by Crippen LogP contribution is 2.17. The molecule has 6 nitrogen and oxygen atoms in total. The molecule has 1 aromatic heterocycles. The van der Waals surface area contributed by atoms with E-state index in [9.17, 15) is 14.7 Å². The Morgan fingerprint density at radius 1 is 0.931 bits per heavy atom. The van der Waals surface area contributed by atoms with Crippen LogP contribution in [0.2, 0.25) is 0 Å². The fourth-order valence-corrected chi connectivity index (χ4v) is 3.04. The minimum Gasteiger partial charge on any atom is -0.478 e. The molecule has 0 aliphatic heterocycles. The number of amides is 1. The van der Waals surface area contributed by atoms with Crippen molar-refractivity contribution in [3.8, 4) is 0 Å². The highest BCUT2D eigenvalue weighted by Gasteiger charge is 2.24. The van der Waals surface area contributed by atoms with Gasteiger partial charge in [-0.05, 0) is 22.8 Å². The SMILES string of the molecule is COCc1cnc(C(=O)N(Cc2ccccc2)Cc2ccccc2)c(C(=O)O)c1. The monoisotopic (exact) mass is 390 g/mol. The third kappa shape index (κ3) is 5.27. The van der Waals surface area contributed by atoms with Crippen LogP contribution in [0.3, 0.4) is 0 Å². The highest BCUT2D eigenvalue weighted by atomic mass is 16.5. The van der Waals surface area contributed by atoms with Gasteiger partial charge in [-0.15, -0.1) is 0 Å². The molecular formula is C23H22N2O4. The summed E-state index contributed by atoms with van der Waals surface area (Å²) >= 11 is 0. The van der Waals surface area contributed by atoms with Crippen LogP contribution in [-0.4, -0.2) is 34.0 Å². The number of aromatic nitrogens is 1. The first-order valence-electron chi connectivity index (χ1n) is 9.16. The van der Waals surface area contributed by atoms with E-state index in [0.717, 1.165) is 11.1 Å². The summed E-state index contributed by atoms with van der Waals surface area (Å²) in [5, 5.41) is 9.62. The van der Waals surface area contributed by atoms with Gasteiger partial charge >= 0.3 is 5.97 Å². The van der Waals surface area contributed by atoms with Gasteiger partial charge in [0.1, 0.15) is 5.69 Å². The van der Waals surface area contributed by atoms with Gasteiger partial charge in [-0.25, -0.2) is 9.78 Å². The number of methoxy groups -OCH3 is 1. The Balaban J connectivity index is 1.96. The highest BCUT2D eigenvalue weighted by molar-refractivity contribution is 6.03. The minimum absolute atomic E-state index is 0.0794. The van der Waals surface area contributed by atoms with Gasteiger partial charge in [0.25, 0.3) is 5.91 Å². The molecule has 3 aromatic rings. The van der Waals surface area contributed by atoms with Crippen molar-refractivity contribution in [2.45, 2.75) is 19.7 Å². The minimum atomic E-state index is -1.20. The Hall–Kier alpha value is -3.51. The topological polar surface area (TPSA) is 79.7 Å². The molecule has 0 radical (unpaired) electrons.